The van der Waals surface area contributed by atoms with Crippen molar-refractivity contribution < 1.29 is 9.53 Å². The lowest BCUT2D eigenvalue weighted by Gasteiger charge is -2.27. The maximum absolute atomic E-state index is 11.9. The number of nitrogens with one attached hydrogen (secondary N) is 2. The van der Waals surface area contributed by atoms with E-state index in [1.165, 1.54) is 0 Å². The van der Waals surface area contributed by atoms with Gasteiger partial charge < -0.3 is 20.3 Å². The first kappa shape index (κ1) is 11.7. The summed E-state index contributed by atoms with van der Waals surface area (Å²) in [5.41, 5.74) is 0.786. The summed E-state index contributed by atoms with van der Waals surface area (Å²) in [7, 11) is 1.62. The minimum Gasteiger partial charge on any atom is -0.497 e. The van der Waals surface area contributed by atoms with E-state index in [9.17, 15) is 4.79 Å². The molecule has 0 aliphatic carbocycles. The molecule has 0 spiro atoms. The van der Waals surface area contributed by atoms with Crippen molar-refractivity contribution >= 4 is 11.7 Å². The lowest BCUT2D eigenvalue weighted by Crippen LogP contribution is -2.48. The van der Waals surface area contributed by atoms with Crippen LogP contribution in [0.25, 0.3) is 0 Å². The predicted molar refractivity (Wildman–Crippen MR) is 66.5 cm³/mol. The molecule has 5 nitrogen and oxygen atoms in total. The Hall–Kier alpha value is -1.75. The van der Waals surface area contributed by atoms with Gasteiger partial charge in [0.25, 0.3) is 0 Å². The van der Waals surface area contributed by atoms with Gasteiger partial charge in [0, 0.05) is 31.9 Å². The van der Waals surface area contributed by atoms with Crippen molar-refractivity contribution in [1.29, 1.82) is 0 Å². The molecule has 0 radical (unpaired) electrons. The number of urea groups is 1. The molecule has 1 fully saturated rings. The number of rotatable bonds is 2. The number of hydrogen-bond donors (Lipinski definition) is 2. The van der Waals surface area contributed by atoms with Crippen LogP contribution in [0.1, 0.15) is 0 Å². The van der Waals surface area contributed by atoms with E-state index < -0.39 is 0 Å². The number of carbonyl (C=O) groups is 1. The number of nitrogens with zero attached hydrogens (tertiary/aromatic N) is 1. The zero-order valence-corrected chi connectivity index (χ0v) is 9.90. The van der Waals surface area contributed by atoms with Crippen molar-refractivity contribution in [3.63, 3.8) is 0 Å². The summed E-state index contributed by atoms with van der Waals surface area (Å²) in [5.74, 6) is 0.783. The largest absolute Gasteiger partial charge is 0.497 e. The van der Waals surface area contributed by atoms with Crippen LogP contribution in [0.5, 0.6) is 5.75 Å². The van der Waals surface area contributed by atoms with Gasteiger partial charge in [-0.05, 0) is 24.3 Å². The molecule has 1 heterocycles. The highest BCUT2D eigenvalue weighted by Crippen LogP contribution is 2.15. The van der Waals surface area contributed by atoms with Crippen molar-refractivity contribution in [2.75, 3.05) is 38.6 Å². The Morgan fingerprint density at radius 3 is 2.53 bits per heavy atom. The number of methoxy groups -OCH3 is 1. The molecule has 92 valence electrons. The summed E-state index contributed by atoms with van der Waals surface area (Å²) in [6.07, 6.45) is 0. The molecular formula is C12H17N3O2. The molecule has 2 N–H and O–H groups in total. The maximum Gasteiger partial charge on any atom is 0.321 e. The van der Waals surface area contributed by atoms with Crippen molar-refractivity contribution in [3.8, 4) is 5.75 Å². The van der Waals surface area contributed by atoms with Crippen LogP contribution < -0.4 is 15.4 Å². The normalized spacial score (nSPS) is 15.5. The molecule has 2 rings (SSSR count). The van der Waals surface area contributed by atoms with Gasteiger partial charge in [-0.1, -0.05) is 0 Å². The van der Waals surface area contributed by atoms with Crippen LogP contribution in [-0.2, 0) is 0 Å². The van der Waals surface area contributed by atoms with E-state index in [0.29, 0.717) is 0 Å². The molecule has 1 aliphatic rings. The monoisotopic (exact) mass is 235 g/mol. The van der Waals surface area contributed by atoms with Gasteiger partial charge in [-0.3, -0.25) is 0 Å². The average Bonchev–Trinajstić information content (AvgIpc) is 2.40. The number of ether oxygens (including phenoxy) is 1. The SMILES string of the molecule is COc1ccc(NC(=O)N2CCNCC2)cc1. The van der Waals surface area contributed by atoms with Gasteiger partial charge in [0.1, 0.15) is 5.75 Å². The van der Waals surface area contributed by atoms with Crippen molar-refractivity contribution in [1.82, 2.24) is 10.2 Å². The molecule has 17 heavy (non-hydrogen) atoms. The zero-order chi connectivity index (χ0) is 12.1. The summed E-state index contributed by atoms with van der Waals surface area (Å²) in [5, 5.41) is 6.08. The van der Waals surface area contributed by atoms with Crippen LogP contribution in [-0.4, -0.2) is 44.2 Å². The van der Waals surface area contributed by atoms with Crippen LogP contribution in [0, 0.1) is 0 Å². The van der Waals surface area contributed by atoms with E-state index in [4.69, 9.17) is 4.74 Å². The molecule has 1 aromatic carbocycles. The van der Waals surface area contributed by atoms with Crippen molar-refractivity contribution in [2.45, 2.75) is 0 Å². The average molecular weight is 235 g/mol. The highest BCUT2D eigenvalue weighted by Gasteiger charge is 2.15. The van der Waals surface area contributed by atoms with Gasteiger partial charge >= 0.3 is 6.03 Å². The smallest absolute Gasteiger partial charge is 0.321 e. The summed E-state index contributed by atoms with van der Waals surface area (Å²) in [6.45, 7) is 3.22. The van der Waals surface area contributed by atoms with E-state index >= 15 is 0 Å². The molecule has 1 aromatic rings. The number of benzene rings is 1. The van der Waals surface area contributed by atoms with Gasteiger partial charge in [-0.15, -0.1) is 0 Å². The second kappa shape index (κ2) is 5.54. The number of piperazine rings is 1. The third-order valence-corrected chi connectivity index (χ3v) is 2.75. The molecule has 0 bridgehead atoms. The molecule has 5 heteroatoms. The van der Waals surface area contributed by atoms with Crippen LogP contribution in [0.3, 0.4) is 0 Å². The Morgan fingerprint density at radius 1 is 1.29 bits per heavy atom. The predicted octanol–water partition coefficient (Wildman–Crippen LogP) is 1.13. The fourth-order valence-electron chi connectivity index (χ4n) is 1.74. The van der Waals surface area contributed by atoms with Crippen LogP contribution in [0.2, 0.25) is 0 Å². The van der Waals surface area contributed by atoms with E-state index in [0.717, 1.165) is 37.6 Å². The number of hydrogen-bond acceptors (Lipinski definition) is 3. The van der Waals surface area contributed by atoms with Gasteiger partial charge in [0.05, 0.1) is 7.11 Å². The molecule has 0 aromatic heterocycles. The first-order valence-electron chi connectivity index (χ1n) is 5.70. The Morgan fingerprint density at radius 2 is 1.94 bits per heavy atom. The molecule has 1 aliphatic heterocycles. The second-order valence-electron chi connectivity index (χ2n) is 3.90. The molecule has 0 unspecified atom stereocenters. The van der Waals surface area contributed by atoms with E-state index in [1.807, 2.05) is 24.3 Å². The molecule has 2 amide bonds. The van der Waals surface area contributed by atoms with E-state index in [2.05, 4.69) is 10.6 Å². The standard InChI is InChI=1S/C12H17N3O2/c1-17-11-4-2-10(3-5-11)14-12(16)15-8-6-13-7-9-15/h2-5,13H,6-9H2,1H3,(H,14,16). The third kappa shape index (κ3) is 3.10. The third-order valence-electron chi connectivity index (χ3n) is 2.75. The highest BCUT2D eigenvalue weighted by atomic mass is 16.5. The maximum atomic E-state index is 11.9. The molecule has 1 saturated heterocycles. The minimum absolute atomic E-state index is 0.0448. The van der Waals surface area contributed by atoms with E-state index in [-0.39, 0.29) is 6.03 Å². The Bertz CT molecular complexity index is 372. The van der Waals surface area contributed by atoms with Gasteiger partial charge in [0.15, 0.2) is 0 Å². The summed E-state index contributed by atoms with van der Waals surface area (Å²) >= 11 is 0. The number of amides is 2. The minimum atomic E-state index is -0.0448. The summed E-state index contributed by atoms with van der Waals surface area (Å²) in [4.78, 5) is 13.7. The zero-order valence-electron chi connectivity index (χ0n) is 9.90. The van der Waals surface area contributed by atoms with Crippen LogP contribution in [0.15, 0.2) is 24.3 Å². The Kier molecular flexibility index (Phi) is 3.82. The quantitative estimate of drug-likeness (QED) is 0.808. The molecular weight excluding hydrogens is 218 g/mol. The molecule has 0 atom stereocenters. The lowest BCUT2D eigenvalue weighted by atomic mass is 10.3. The second-order valence-corrected chi connectivity index (χ2v) is 3.90. The first-order chi connectivity index (χ1) is 8.29. The Labute approximate surface area is 101 Å². The fraction of sp³-hybridized carbons (Fsp3) is 0.417. The van der Waals surface area contributed by atoms with Crippen LogP contribution >= 0.6 is 0 Å². The topological polar surface area (TPSA) is 53.6 Å². The highest BCUT2D eigenvalue weighted by molar-refractivity contribution is 5.89. The van der Waals surface area contributed by atoms with Gasteiger partial charge in [-0.2, -0.15) is 0 Å². The van der Waals surface area contributed by atoms with Crippen molar-refractivity contribution in [3.05, 3.63) is 24.3 Å². The van der Waals surface area contributed by atoms with Gasteiger partial charge in [0.2, 0.25) is 0 Å². The van der Waals surface area contributed by atoms with E-state index in [1.54, 1.807) is 12.0 Å². The van der Waals surface area contributed by atoms with Crippen molar-refractivity contribution in [2.24, 2.45) is 0 Å². The lowest BCUT2D eigenvalue weighted by molar-refractivity contribution is 0.204. The van der Waals surface area contributed by atoms with Gasteiger partial charge in [-0.25, -0.2) is 4.79 Å². The number of anilines is 1. The summed E-state index contributed by atoms with van der Waals surface area (Å²) in [6, 6.07) is 7.27. The fourth-order valence-corrected chi connectivity index (χ4v) is 1.74. The molecule has 0 saturated carbocycles. The Balaban J connectivity index is 1.92. The first-order valence-corrected chi connectivity index (χ1v) is 5.70. The number of carbonyl (C=O) groups excluding carboxylic acids is 1. The summed E-state index contributed by atoms with van der Waals surface area (Å²) < 4.78 is 5.06. The van der Waals surface area contributed by atoms with Crippen LogP contribution in [0.4, 0.5) is 10.5 Å².